The number of hydrogen-bond donors (Lipinski definition) is 2. The second kappa shape index (κ2) is 6.15. The lowest BCUT2D eigenvalue weighted by atomic mass is 9.95. The molecule has 13 heavy (non-hydrogen) atoms. The van der Waals surface area contributed by atoms with E-state index in [-0.39, 0.29) is 17.2 Å². The van der Waals surface area contributed by atoms with Gasteiger partial charge in [0, 0.05) is 17.3 Å². The van der Waals surface area contributed by atoms with E-state index in [0.29, 0.717) is 0 Å². The van der Waals surface area contributed by atoms with E-state index in [1.165, 1.54) is 32.1 Å². The first-order chi connectivity index (χ1) is 5.58. The standard InChI is InChI=1S/C10H21NS.ClH/c1-10(2,12)8-11-9-6-4-3-5-7-9;/h9,11-12H,3-8H2,1-2H3;1H. The number of hydrogen-bond acceptors (Lipinski definition) is 2. The minimum atomic E-state index is 0. The topological polar surface area (TPSA) is 12.0 Å². The van der Waals surface area contributed by atoms with Gasteiger partial charge in [-0.15, -0.1) is 12.4 Å². The van der Waals surface area contributed by atoms with E-state index in [0.717, 1.165) is 12.6 Å². The van der Waals surface area contributed by atoms with Crippen LogP contribution >= 0.6 is 25.0 Å². The molecule has 1 aliphatic carbocycles. The summed E-state index contributed by atoms with van der Waals surface area (Å²) in [5.74, 6) is 0. The summed E-state index contributed by atoms with van der Waals surface area (Å²) in [6.45, 7) is 5.35. The molecule has 3 heteroatoms. The SMILES string of the molecule is CC(C)(S)CNC1CCCCC1.Cl. The normalized spacial score (nSPS) is 19.6. The third kappa shape index (κ3) is 6.64. The van der Waals surface area contributed by atoms with E-state index >= 15 is 0 Å². The van der Waals surface area contributed by atoms with Crippen LogP contribution < -0.4 is 5.32 Å². The second-order valence-electron chi connectivity index (χ2n) is 4.53. The van der Waals surface area contributed by atoms with E-state index in [1.54, 1.807) is 0 Å². The summed E-state index contributed by atoms with van der Waals surface area (Å²) >= 11 is 4.49. The molecule has 1 saturated carbocycles. The van der Waals surface area contributed by atoms with Crippen molar-refractivity contribution in [2.24, 2.45) is 0 Å². The van der Waals surface area contributed by atoms with Crippen molar-refractivity contribution in [2.45, 2.75) is 56.7 Å². The molecule has 0 spiro atoms. The van der Waals surface area contributed by atoms with Crippen molar-refractivity contribution in [2.75, 3.05) is 6.54 Å². The van der Waals surface area contributed by atoms with Crippen molar-refractivity contribution in [3.8, 4) is 0 Å². The highest BCUT2D eigenvalue weighted by molar-refractivity contribution is 7.81. The van der Waals surface area contributed by atoms with Gasteiger partial charge in [-0.05, 0) is 26.7 Å². The van der Waals surface area contributed by atoms with Gasteiger partial charge in [-0.1, -0.05) is 19.3 Å². The first-order valence-corrected chi connectivity index (χ1v) is 5.48. The van der Waals surface area contributed by atoms with Gasteiger partial charge in [0.2, 0.25) is 0 Å². The molecule has 0 aromatic rings. The molecule has 0 radical (unpaired) electrons. The van der Waals surface area contributed by atoms with Crippen LogP contribution in [0, 0.1) is 0 Å². The van der Waals surface area contributed by atoms with E-state index in [1.807, 2.05) is 0 Å². The first-order valence-electron chi connectivity index (χ1n) is 5.04. The molecule has 0 saturated heterocycles. The van der Waals surface area contributed by atoms with Gasteiger partial charge >= 0.3 is 0 Å². The second-order valence-corrected chi connectivity index (χ2v) is 5.74. The lowest BCUT2D eigenvalue weighted by Gasteiger charge is -2.27. The van der Waals surface area contributed by atoms with Gasteiger partial charge < -0.3 is 5.32 Å². The highest BCUT2D eigenvalue weighted by atomic mass is 35.5. The maximum atomic E-state index is 4.49. The van der Waals surface area contributed by atoms with Crippen molar-refractivity contribution < 1.29 is 0 Å². The number of thiol groups is 1. The van der Waals surface area contributed by atoms with E-state index in [2.05, 4.69) is 31.8 Å². The number of nitrogens with one attached hydrogen (secondary N) is 1. The zero-order valence-corrected chi connectivity index (χ0v) is 10.4. The highest BCUT2D eigenvalue weighted by Crippen LogP contribution is 2.18. The maximum Gasteiger partial charge on any atom is 0.0198 e. The average Bonchev–Trinajstić information content (AvgIpc) is 2.02. The minimum Gasteiger partial charge on any atom is -0.313 e. The fraction of sp³-hybridized carbons (Fsp3) is 1.00. The predicted octanol–water partition coefficient (Wildman–Crippen LogP) is 3.04. The number of halogens is 1. The van der Waals surface area contributed by atoms with Crippen LogP contribution in [0.25, 0.3) is 0 Å². The molecule has 0 aliphatic heterocycles. The molecule has 80 valence electrons. The summed E-state index contributed by atoms with van der Waals surface area (Å²) in [5, 5.41) is 3.59. The largest absolute Gasteiger partial charge is 0.313 e. The molecule has 0 unspecified atom stereocenters. The van der Waals surface area contributed by atoms with E-state index < -0.39 is 0 Å². The number of rotatable bonds is 3. The van der Waals surface area contributed by atoms with Crippen molar-refractivity contribution >= 4 is 25.0 Å². The van der Waals surface area contributed by atoms with Crippen LogP contribution in [0.3, 0.4) is 0 Å². The Bertz CT molecular complexity index is 127. The zero-order chi connectivity index (χ0) is 9.03. The Kier molecular flexibility index (Phi) is 6.44. The van der Waals surface area contributed by atoms with Gasteiger partial charge in [0.15, 0.2) is 0 Å². The summed E-state index contributed by atoms with van der Waals surface area (Å²) in [7, 11) is 0. The smallest absolute Gasteiger partial charge is 0.0198 e. The van der Waals surface area contributed by atoms with Crippen molar-refractivity contribution in [1.29, 1.82) is 0 Å². The summed E-state index contributed by atoms with van der Waals surface area (Å²) in [6, 6.07) is 0.769. The van der Waals surface area contributed by atoms with Gasteiger partial charge in [-0.2, -0.15) is 12.6 Å². The molecule has 1 rings (SSSR count). The molecule has 0 bridgehead atoms. The molecule has 0 aromatic heterocycles. The molecular weight excluding hydrogens is 202 g/mol. The summed E-state index contributed by atoms with van der Waals surface area (Å²) in [4.78, 5) is 0. The Morgan fingerprint density at radius 2 is 1.77 bits per heavy atom. The van der Waals surface area contributed by atoms with Crippen molar-refractivity contribution in [3.63, 3.8) is 0 Å². The summed E-state index contributed by atoms with van der Waals surface area (Å²) in [6.07, 6.45) is 6.98. The average molecular weight is 224 g/mol. The lowest BCUT2D eigenvalue weighted by molar-refractivity contribution is 0.365. The molecule has 0 heterocycles. The monoisotopic (exact) mass is 223 g/mol. The minimum absolute atomic E-state index is 0. The Morgan fingerprint density at radius 3 is 2.23 bits per heavy atom. The Hall–Kier alpha value is 0.600. The van der Waals surface area contributed by atoms with Crippen LogP contribution in [0.4, 0.5) is 0 Å². The zero-order valence-electron chi connectivity index (χ0n) is 8.68. The molecular formula is C10H22ClNS. The van der Waals surface area contributed by atoms with Crippen LogP contribution in [-0.2, 0) is 0 Å². The fourth-order valence-corrected chi connectivity index (χ4v) is 1.79. The van der Waals surface area contributed by atoms with Crippen molar-refractivity contribution in [1.82, 2.24) is 5.32 Å². The van der Waals surface area contributed by atoms with Crippen LogP contribution in [0.15, 0.2) is 0 Å². The predicted molar refractivity (Wildman–Crippen MR) is 65.2 cm³/mol. The first kappa shape index (κ1) is 13.6. The van der Waals surface area contributed by atoms with Gasteiger partial charge in [-0.3, -0.25) is 0 Å². The Labute approximate surface area is 93.9 Å². The van der Waals surface area contributed by atoms with Gasteiger partial charge in [0.25, 0.3) is 0 Å². The Balaban J connectivity index is 0.00000144. The third-order valence-corrected chi connectivity index (χ3v) is 2.59. The lowest BCUT2D eigenvalue weighted by Crippen LogP contribution is -2.38. The van der Waals surface area contributed by atoms with Gasteiger partial charge in [0.05, 0.1) is 0 Å². The fourth-order valence-electron chi connectivity index (χ4n) is 1.70. The summed E-state index contributed by atoms with van der Waals surface area (Å²) < 4.78 is 0.136. The third-order valence-electron chi connectivity index (χ3n) is 2.43. The van der Waals surface area contributed by atoms with Crippen molar-refractivity contribution in [3.05, 3.63) is 0 Å². The quantitative estimate of drug-likeness (QED) is 0.701. The Morgan fingerprint density at radius 1 is 1.23 bits per heavy atom. The van der Waals surface area contributed by atoms with Gasteiger partial charge in [0.1, 0.15) is 0 Å². The molecule has 1 aliphatic rings. The maximum absolute atomic E-state index is 4.49. The van der Waals surface area contributed by atoms with Crippen LogP contribution in [0.2, 0.25) is 0 Å². The summed E-state index contributed by atoms with van der Waals surface area (Å²) in [5.41, 5.74) is 0. The molecule has 1 fully saturated rings. The molecule has 1 N–H and O–H groups in total. The molecule has 0 atom stereocenters. The van der Waals surface area contributed by atoms with Crippen LogP contribution in [-0.4, -0.2) is 17.3 Å². The molecule has 0 aromatic carbocycles. The van der Waals surface area contributed by atoms with Crippen LogP contribution in [0.5, 0.6) is 0 Å². The van der Waals surface area contributed by atoms with Gasteiger partial charge in [-0.25, -0.2) is 0 Å². The van der Waals surface area contributed by atoms with E-state index in [4.69, 9.17) is 0 Å². The van der Waals surface area contributed by atoms with Crippen LogP contribution in [0.1, 0.15) is 46.0 Å². The molecule has 1 nitrogen and oxygen atoms in total. The molecule has 0 amide bonds. The van der Waals surface area contributed by atoms with E-state index in [9.17, 15) is 0 Å². The highest BCUT2D eigenvalue weighted by Gasteiger charge is 2.16.